The first-order valence-corrected chi connectivity index (χ1v) is 11.2. The number of nitrogens with one attached hydrogen (secondary N) is 1. The Kier molecular flexibility index (Phi) is 7.01. The van der Waals surface area contributed by atoms with Gasteiger partial charge in [0.05, 0.1) is 18.2 Å². The maximum absolute atomic E-state index is 12.6. The maximum Gasteiger partial charge on any atom is 0.251 e. The first-order chi connectivity index (χ1) is 16.0. The summed E-state index contributed by atoms with van der Waals surface area (Å²) < 4.78 is 0. The Bertz CT molecular complexity index is 1050. The van der Waals surface area contributed by atoms with E-state index in [1.54, 1.807) is 34.1 Å². The summed E-state index contributed by atoms with van der Waals surface area (Å²) >= 11 is 0. The lowest BCUT2D eigenvalue weighted by Gasteiger charge is -2.34. The van der Waals surface area contributed by atoms with Crippen LogP contribution in [0, 0.1) is 11.3 Å². The van der Waals surface area contributed by atoms with E-state index < -0.39 is 0 Å². The highest BCUT2D eigenvalue weighted by molar-refractivity contribution is 5.98. The fourth-order valence-corrected chi connectivity index (χ4v) is 4.18. The fourth-order valence-electron chi connectivity index (χ4n) is 4.18. The summed E-state index contributed by atoms with van der Waals surface area (Å²) in [4.78, 5) is 42.6. The summed E-state index contributed by atoms with van der Waals surface area (Å²) in [5, 5.41) is 11.6. The van der Waals surface area contributed by atoms with E-state index in [4.69, 9.17) is 5.26 Å². The van der Waals surface area contributed by atoms with Crippen molar-refractivity contribution in [2.24, 2.45) is 0 Å². The number of amides is 3. The third-order valence-corrected chi connectivity index (χ3v) is 6.13. The predicted octanol–water partition coefficient (Wildman–Crippen LogP) is 1.76. The minimum Gasteiger partial charge on any atom is -0.343 e. The van der Waals surface area contributed by atoms with Crippen LogP contribution in [0.15, 0.2) is 48.5 Å². The molecule has 1 N–H and O–H groups in total. The molecule has 8 heteroatoms. The Morgan fingerprint density at radius 3 is 2.24 bits per heavy atom. The van der Waals surface area contributed by atoms with Gasteiger partial charge in [-0.15, -0.1) is 0 Å². The second-order valence-electron chi connectivity index (χ2n) is 8.34. The summed E-state index contributed by atoms with van der Waals surface area (Å²) in [6, 6.07) is 16.6. The van der Waals surface area contributed by atoms with Crippen molar-refractivity contribution in [1.82, 2.24) is 15.1 Å². The summed E-state index contributed by atoms with van der Waals surface area (Å²) in [5.74, 6) is -0.294. The van der Waals surface area contributed by atoms with Crippen molar-refractivity contribution >= 4 is 23.4 Å². The molecule has 2 saturated heterocycles. The van der Waals surface area contributed by atoms with E-state index in [9.17, 15) is 14.4 Å². The van der Waals surface area contributed by atoms with Gasteiger partial charge in [0.1, 0.15) is 0 Å². The van der Waals surface area contributed by atoms with Crippen molar-refractivity contribution in [2.75, 3.05) is 44.2 Å². The van der Waals surface area contributed by atoms with E-state index >= 15 is 0 Å². The quantitative estimate of drug-likeness (QED) is 0.731. The third kappa shape index (κ3) is 5.57. The standard InChI is InChI=1S/C25H27N5O3/c26-16-19-3-5-20(6-4-19)18-28-12-14-29(15-13-28)24(32)17-27-25(33)21-7-9-22(10-8-21)30-11-1-2-23(30)31/h3-10H,1-2,11-15,17-18H2,(H,27,33). The lowest BCUT2D eigenvalue weighted by molar-refractivity contribution is -0.131. The van der Waals surface area contributed by atoms with Gasteiger partial charge in [-0.25, -0.2) is 0 Å². The Labute approximate surface area is 193 Å². The molecule has 0 radical (unpaired) electrons. The summed E-state index contributed by atoms with van der Waals surface area (Å²) in [5.41, 5.74) is 3.05. The summed E-state index contributed by atoms with van der Waals surface area (Å²) in [6.07, 6.45) is 1.42. The summed E-state index contributed by atoms with van der Waals surface area (Å²) in [6.45, 7) is 4.20. The average Bonchev–Trinajstić information content (AvgIpc) is 3.29. The molecule has 8 nitrogen and oxygen atoms in total. The third-order valence-electron chi connectivity index (χ3n) is 6.13. The monoisotopic (exact) mass is 445 g/mol. The number of hydrogen-bond donors (Lipinski definition) is 1. The molecule has 4 rings (SSSR count). The van der Waals surface area contributed by atoms with Crippen molar-refractivity contribution in [2.45, 2.75) is 19.4 Å². The topological polar surface area (TPSA) is 96.8 Å². The van der Waals surface area contributed by atoms with Crippen molar-refractivity contribution < 1.29 is 14.4 Å². The van der Waals surface area contributed by atoms with Crippen LogP contribution >= 0.6 is 0 Å². The van der Waals surface area contributed by atoms with Crippen LogP contribution in [0.1, 0.15) is 34.3 Å². The lowest BCUT2D eigenvalue weighted by atomic mass is 10.1. The number of nitriles is 1. The van der Waals surface area contributed by atoms with Gasteiger partial charge in [-0.3, -0.25) is 19.3 Å². The zero-order valence-electron chi connectivity index (χ0n) is 18.5. The molecule has 0 spiro atoms. The van der Waals surface area contributed by atoms with Gasteiger partial charge < -0.3 is 15.1 Å². The van der Waals surface area contributed by atoms with Crippen molar-refractivity contribution in [3.05, 3.63) is 65.2 Å². The molecule has 0 atom stereocenters. The smallest absolute Gasteiger partial charge is 0.251 e. The molecule has 3 amide bonds. The van der Waals surface area contributed by atoms with Crippen molar-refractivity contribution in [3.8, 4) is 6.07 Å². The Morgan fingerprint density at radius 2 is 1.64 bits per heavy atom. The van der Waals surface area contributed by atoms with E-state index in [1.807, 2.05) is 24.3 Å². The molecule has 0 aliphatic carbocycles. The van der Waals surface area contributed by atoms with Gasteiger partial charge in [-0.05, 0) is 48.4 Å². The average molecular weight is 446 g/mol. The summed E-state index contributed by atoms with van der Waals surface area (Å²) in [7, 11) is 0. The number of benzene rings is 2. The molecule has 0 bridgehead atoms. The van der Waals surface area contributed by atoms with Crippen LogP contribution in [-0.2, 0) is 16.1 Å². The van der Waals surface area contributed by atoms with E-state index in [0.717, 1.165) is 37.3 Å². The number of anilines is 1. The highest BCUT2D eigenvalue weighted by Crippen LogP contribution is 2.21. The molecular formula is C25H27N5O3. The van der Waals surface area contributed by atoms with E-state index in [0.29, 0.717) is 37.2 Å². The molecule has 0 aromatic heterocycles. The molecule has 2 fully saturated rings. The van der Waals surface area contributed by atoms with Gasteiger partial charge in [-0.2, -0.15) is 5.26 Å². The molecule has 33 heavy (non-hydrogen) atoms. The van der Waals surface area contributed by atoms with Gasteiger partial charge in [0.25, 0.3) is 5.91 Å². The van der Waals surface area contributed by atoms with Gasteiger partial charge in [0.2, 0.25) is 11.8 Å². The van der Waals surface area contributed by atoms with Crippen LogP contribution in [0.2, 0.25) is 0 Å². The molecule has 2 aromatic carbocycles. The van der Waals surface area contributed by atoms with Gasteiger partial charge >= 0.3 is 0 Å². The van der Waals surface area contributed by atoms with Gasteiger partial charge in [0, 0.05) is 56.9 Å². The lowest BCUT2D eigenvalue weighted by Crippen LogP contribution is -2.50. The molecule has 2 aromatic rings. The van der Waals surface area contributed by atoms with Crippen LogP contribution < -0.4 is 10.2 Å². The van der Waals surface area contributed by atoms with Crippen molar-refractivity contribution in [1.29, 1.82) is 5.26 Å². The van der Waals surface area contributed by atoms with E-state index in [2.05, 4.69) is 16.3 Å². The predicted molar refractivity (Wildman–Crippen MR) is 123 cm³/mol. The minimum atomic E-state index is -0.304. The van der Waals surface area contributed by atoms with Crippen molar-refractivity contribution in [3.63, 3.8) is 0 Å². The number of piperazine rings is 1. The van der Waals surface area contributed by atoms with Gasteiger partial charge in [0.15, 0.2) is 0 Å². The Morgan fingerprint density at radius 1 is 0.939 bits per heavy atom. The minimum absolute atomic E-state index is 0.0409. The molecular weight excluding hydrogens is 418 g/mol. The zero-order chi connectivity index (χ0) is 23.2. The maximum atomic E-state index is 12.6. The number of rotatable bonds is 6. The molecule has 170 valence electrons. The number of carbonyl (C=O) groups excluding carboxylic acids is 3. The first-order valence-electron chi connectivity index (χ1n) is 11.2. The molecule has 2 heterocycles. The molecule has 2 aliphatic rings. The van der Waals surface area contributed by atoms with Gasteiger partial charge in [-0.1, -0.05) is 12.1 Å². The molecule has 0 unspecified atom stereocenters. The highest BCUT2D eigenvalue weighted by Gasteiger charge is 2.23. The first kappa shape index (κ1) is 22.5. The number of carbonyl (C=O) groups is 3. The van der Waals surface area contributed by atoms with E-state index in [1.165, 1.54) is 0 Å². The zero-order valence-corrected chi connectivity index (χ0v) is 18.5. The van der Waals surface area contributed by atoms with Crippen LogP contribution in [0.25, 0.3) is 0 Å². The normalized spacial score (nSPS) is 16.5. The van der Waals surface area contributed by atoms with E-state index in [-0.39, 0.29) is 24.3 Å². The molecule has 0 saturated carbocycles. The second-order valence-corrected chi connectivity index (χ2v) is 8.34. The fraction of sp³-hybridized carbons (Fsp3) is 0.360. The molecule has 2 aliphatic heterocycles. The Balaban J connectivity index is 1.21. The SMILES string of the molecule is N#Cc1ccc(CN2CCN(C(=O)CNC(=O)c3ccc(N4CCCC4=O)cc3)CC2)cc1. The largest absolute Gasteiger partial charge is 0.343 e. The number of nitrogens with zero attached hydrogens (tertiary/aromatic N) is 4. The number of hydrogen-bond acceptors (Lipinski definition) is 5. The van der Waals surface area contributed by atoms with Crippen LogP contribution in [-0.4, -0.2) is 66.8 Å². The van der Waals surface area contributed by atoms with Crippen LogP contribution in [0.4, 0.5) is 5.69 Å². The highest BCUT2D eigenvalue weighted by atomic mass is 16.2. The second kappa shape index (κ2) is 10.3. The Hall–Kier alpha value is -3.70. The van der Waals surface area contributed by atoms with Crippen LogP contribution in [0.5, 0.6) is 0 Å². The van der Waals surface area contributed by atoms with Crippen LogP contribution in [0.3, 0.4) is 0 Å².